The second kappa shape index (κ2) is 13.8. The molecule has 1 aliphatic heterocycles. The van der Waals surface area contributed by atoms with Gasteiger partial charge in [0, 0.05) is 35.1 Å². The second-order valence-electron chi connectivity index (χ2n) is 19.0. The van der Waals surface area contributed by atoms with Gasteiger partial charge in [0.25, 0.3) is 0 Å². The van der Waals surface area contributed by atoms with Crippen LogP contribution in [-0.4, -0.2) is 35.0 Å². The van der Waals surface area contributed by atoms with E-state index in [1.54, 1.807) is 18.6 Å². The summed E-state index contributed by atoms with van der Waals surface area (Å²) >= 11 is 0. The molecule has 2 heterocycles. The van der Waals surface area contributed by atoms with E-state index in [-0.39, 0.29) is 22.0 Å². The standard InChI is InChI=1S/C36H59NO2.C9H11N3/c1-10-30(38-22-33(9,37)24(4)5)31(7)19-26-20-36(26)28-13-14-34-17-18-39-35(21-34,25(6)23(2)3)16-15-32(34,8)27(28)11-12-29(31)36;1-3-11-12-8(2)9-4-6-10-7-5-9/h13,17-18,23-27,29-30H,10-12,14-16,19-22,37H2,1-9H3;3-7,12H,2H2,1H3/b;11-3-/t25-,26?,27?,29?,30?,31+,32?,33+,34-,35-,36?;/m1./s1. The van der Waals surface area contributed by atoms with Gasteiger partial charge in [0.1, 0.15) is 5.60 Å². The molecule has 4 fully saturated rings. The molecular formula is C45H70N4O2. The predicted molar refractivity (Wildman–Crippen MR) is 212 cm³/mol. The molecule has 1 aromatic heterocycles. The molecule has 2 spiro atoms. The minimum absolute atomic E-state index is 0.0243. The number of pyridine rings is 1. The Morgan fingerprint density at radius 2 is 1.88 bits per heavy atom. The number of hydrogen-bond acceptors (Lipinski definition) is 6. The van der Waals surface area contributed by atoms with E-state index in [1.165, 1.54) is 51.4 Å². The van der Waals surface area contributed by atoms with Crippen molar-refractivity contribution in [3.63, 3.8) is 0 Å². The summed E-state index contributed by atoms with van der Waals surface area (Å²) in [5.41, 5.74) is 14.2. The quantitative estimate of drug-likeness (QED) is 0.137. The Kier molecular flexibility index (Phi) is 10.3. The molecule has 6 unspecified atom stereocenters. The Bertz CT molecular complexity index is 1510. The molecule has 4 saturated carbocycles. The highest BCUT2D eigenvalue weighted by Gasteiger charge is 2.76. The van der Waals surface area contributed by atoms with Crippen LogP contribution >= 0.6 is 0 Å². The number of allylic oxidation sites excluding steroid dienone is 3. The molecule has 7 rings (SSSR count). The summed E-state index contributed by atoms with van der Waals surface area (Å²) in [6, 6.07) is 3.75. The van der Waals surface area contributed by atoms with Gasteiger partial charge in [0.05, 0.1) is 24.7 Å². The van der Waals surface area contributed by atoms with Gasteiger partial charge in [-0.25, -0.2) is 0 Å². The fourth-order valence-electron chi connectivity index (χ4n) is 12.1. The van der Waals surface area contributed by atoms with Gasteiger partial charge in [-0.15, -0.1) is 0 Å². The summed E-state index contributed by atoms with van der Waals surface area (Å²) in [7, 11) is 0. The molecule has 0 saturated heterocycles. The average Bonchev–Trinajstić information content (AvgIpc) is 3.72. The van der Waals surface area contributed by atoms with E-state index in [9.17, 15) is 0 Å². The Labute approximate surface area is 310 Å². The minimum Gasteiger partial charge on any atom is -0.495 e. The zero-order valence-electron chi connectivity index (χ0n) is 33.7. The van der Waals surface area contributed by atoms with E-state index in [2.05, 4.69) is 103 Å². The summed E-state index contributed by atoms with van der Waals surface area (Å²) in [5.74, 6) is 4.01. The van der Waals surface area contributed by atoms with E-state index in [0.29, 0.717) is 41.3 Å². The Balaban J connectivity index is 0.000000318. The average molecular weight is 699 g/mol. The zero-order chi connectivity index (χ0) is 37.0. The molecule has 0 amide bonds. The maximum Gasteiger partial charge on any atom is 0.112 e. The van der Waals surface area contributed by atoms with Crippen LogP contribution in [0.1, 0.15) is 133 Å². The Hall–Kier alpha value is -2.44. The van der Waals surface area contributed by atoms with Crippen molar-refractivity contribution in [2.75, 3.05) is 6.61 Å². The number of nitrogens with zero attached hydrogens (tertiary/aromatic N) is 2. The third-order valence-corrected chi connectivity index (χ3v) is 16.1. The van der Waals surface area contributed by atoms with Crippen LogP contribution in [0.4, 0.5) is 0 Å². The van der Waals surface area contributed by atoms with Crippen molar-refractivity contribution in [1.82, 2.24) is 10.4 Å². The first kappa shape index (κ1) is 38.3. The third-order valence-electron chi connectivity index (χ3n) is 16.1. The summed E-state index contributed by atoms with van der Waals surface area (Å²) in [5, 5.41) is 3.85. The second-order valence-corrected chi connectivity index (χ2v) is 19.0. The van der Waals surface area contributed by atoms with E-state index in [0.717, 1.165) is 35.4 Å². The van der Waals surface area contributed by atoms with E-state index < -0.39 is 0 Å². The largest absolute Gasteiger partial charge is 0.495 e. The maximum atomic E-state index is 6.80. The van der Waals surface area contributed by atoms with Gasteiger partial charge in [0.2, 0.25) is 0 Å². The molecule has 6 aliphatic rings. The van der Waals surface area contributed by atoms with Crippen molar-refractivity contribution in [2.24, 2.45) is 68.0 Å². The van der Waals surface area contributed by atoms with Crippen molar-refractivity contribution in [1.29, 1.82) is 0 Å². The number of hydrazone groups is 1. The maximum absolute atomic E-state index is 6.80. The highest BCUT2D eigenvalue weighted by atomic mass is 16.5. The van der Waals surface area contributed by atoms with Crippen LogP contribution in [0, 0.1) is 57.2 Å². The van der Waals surface area contributed by atoms with E-state index >= 15 is 0 Å². The number of hydrogen-bond donors (Lipinski definition) is 2. The van der Waals surface area contributed by atoms with Gasteiger partial charge in [-0.05, 0) is 142 Å². The zero-order valence-corrected chi connectivity index (χ0v) is 33.7. The van der Waals surface area contributed by atoms with E-state index in [4.69, 9.17) is 15.2 Å². The topological polar surface area (TPSA) is 81.8 Å². The minimum atomic E-state index is -0.268. The summed E-state index contributed by atoms with van der Waals surface area (Å²) in [6.45, 7) is 27.8. The van der Waals surface area contributed by atoms with Gasteiger partial charge in [-0.2, -0.15) is 5.10 Å². The molecule has 11 atom stereocenters. The molecule has 0 radical (unpaired) electrons. The first-order chi connectivity index (χ1) is 24.1. The van der Waals surface area contributed by atoms with Crippen LogP contribution < -0.4 is 11.2 Å². The van der Waals surface area contributed by atoms with Crippen molar-refractivity contribution in [3.8, 4) is 0 Å². The number of ether oxygens (including phenoxy) is 2. The fourth-order valence-corrected chi connectivity index (χ4v) is 12.1. The van der Waals surface area contributed by atoms with E-state index in [1.807, 2.05) is 24.6 Å². The highest BCUT2D eigenvalue weighted by molar-refractivity contribution is 5.62. The smallest absolute Gasteiger partial charge is 0.112 e. The molecule has 51 heavy (non-hydrogen) atoms. The Morgan fingerprint density at radius 1 is 1.16 bits per heavy atom. The summed E-state index contributed by atoms with van der Waals surface area (Å²) in [6.07, 6.45) is 24.4. The lowest BCUT2D eigenvalue weighted by molar-refractivity contribution is -0.174. The van der Waals surface area contributed by atoms with Crippen LogP contribution in [-0.2, 0) is 9.47 Å². The van der Waals surface area contributed by atoms with Gasteiger partial charge in [-0.1, -0.05) is 73.6 Å². The van der Waals surface area contributed by atoms with Gasteiger partial charge < -0.3 is 15.2 Å². The lowest BCUT2D eigenvalue weighted by atomic mass is 9.40. The van der Waals surface area contributed by atoms with Crippen LogP contribution in [0.2, 0.25) is 0 Å². The summed E-state index contributed by atoms with van der Waals surface area (Å²) in [4.78, 5) is 3.90. The molecule has 0 aromatic carbocycles. The number of nitrogens with two attached hydrogens (primary N) is 1. The molecule has 1 aromatic rings. The van der Waals surface area contributed by atoms with Gasteiger partial charge in [0.15, 0.2) is 0 Å². The van der Waals surface area contributed by atoms with Crippen molar-refractivity contribution in [2.45, 2.75) is 144 Å². The van der Waals surface area contributed by atoms with Crippen molar-refractivity contribution >= 4 is 11.9 Å². The number of rotatable bonds is 11. The number of aromatic nitrogens is 1. The van der Waals surface area contributed by atoms with Gasteiger partial charge >= 0.3 is 0 Å². The lowest BCUT2D eigenvalue weighted by Gasteiger charge is -2.66. The lowest BCUT2D eigenvalue weighted by Crippen LogP contribution is -2.61. The highest BCUT2D eigenvalue weighted by Crippen LogP contribution is 2.83. The third kappa shape index (κ3) is 6.16. The normalized spacial score (nSPS) is 39.6. The fraction of sp³-hybridized carbons (Fsp3) is 0.733. The molecule has 5 aliphatic carbocycles. The Morgan fingerprint density at radius 3 is 2.53 bits per heavy atom. The monoisotopic (exact) mass is 699 g/mol. The van der Waals surface area contributed by atoms with Crippen molar-refractivity contribution < 1.29 is 9.47 Å². The van der Waals surface area contributed by atoms with Crippen LogP contribution in [0.3, 0.4) is 0 Å². The number of nitrogens with one attached hydrogen (secondary N) is 1. The number of fused-ring (bicyclic) bond motifs is 3. The van der Waals surface area contributed by atoms with Gasteiger partial charge in [-0.3, -0.25) is 10.4 Å². The molecule has 6 nitrogen and oxygen atoms in total. The molecule has 2 bridgehead atoms. The first-order valence-electron chi connectivity index (χ1n) is 20.4. The first-order valence-corrected chi connectivity index (χ1v) is 20.4. The SMILES string of the molecule is C=C(N/N=C\C)c1ccncc1.CCC(OC[C@](C)(N)C(C)C)[C@@]1(C)CC2CC23C2=CC[C@]45C=CO[C@]([C@H](C)C(C)C)(CCC4(C)C2CCC31)C5. The van der Waals surface area contributed by atoms with Crippen molar-refractivity contribution in [3.05, 3.63) is 60.7 Å². The molecule has 282 valence electrons. The molecule has 3 N–H and O–H groups in total. The molecule has 6 heteroatoms. The van der Waals surface area contributed by atoms with Crippen LogP contribution in [0.5, 0.6) is 0 Å². The van der Waals surface area contributed by atoms with Crippen LogP contribution in [0.25, 0.3) is 5.70 Å². The molecular weight excluding hydrogens is 629 g/mol. The summed E-state index contributed by atoms with van der Waals surface area (Å²) < 4.78 is 13.4. The van der Waals surface area contributed by atoms with Crippen LogP contribution in [0.15, 0.2) is 60.2 Å². The predicted octanol–water partition coefficient (Wildman–Crippen LogP) is 10.3.